The van der Waals surface area contributed by atoms with E-state index in [1.807, 2.05) is 56.3 Å². The molecule has 154 valence electrons. The highest BCUT2D eigenvalue weighted by molar-refractivity contribution is 6.31. The number of fused-ring (bicyclic) bond motifs is 1. The number of ether oxygens (including phenoxy) is 1. The molecular formula is C23H23ClN4O2. The molecule has 4 rings (SSSR count). The summed E-state index contributed by atoms with van der Waals surface area (Å²) in [6.45, 7) is 4.51. The Bertz CT molecular complexity index is 1080. The normalized spacial score (nSPS) is 13.0. The van der Waals surface area contributed by atoms with E-state index in [1.165, 1.54) is 0 Å². The van der Waals surface area contributed by atoms with Crippen molar-refractivity contribution in [2.45, 2.75) is 33.1 Å². The number of rotatable bonds is 6. The molecule has 0 spiro atoms. The number of aryl methyl sites for hydroxylation is 2. The van der Waals surface area contributed by atoms with Gasteiger partial charge >= 0.3 is 0 Å². The number of hydrogen-bond acceptors (Lipinski definition) is 6. The summed E-state index contributed by atoms with van der Waals surface area (Å²) in [4.78, 5) is 21.8. The number of aromatic nitrogens is 2. The molecule has 0 aliphatic heterocycles. The number of hydrogen-bond donors (Lipinski definition) is 2. The second kappa shape index (κ2) is 8.71. The van der Waals surface area contributed by atoms with E-state index < -0.39 is 0 Å². The van der Waals surface area contributed by atoms with Gasteiger partial charge in [0.2, 0.25) is 5.95 Å². The smallest absolute Gasteiger partial charge is 0.229 e. The summed E-state index contributed by atoms with van der Waals surface area (Å²) in [5.41, 5.74) is 3.92. The lowest BCUT2D eigenvalue weighted by atomic mass is 9.95. The maximum absolute atomic E-state index is 12.6. The van der Waals surface area contributed by atoms with Crippen LogP contribution in [0.15, 0.2) is 42.5 Å². The van der Waals surface area contributed by atoms with Crippen LogP contribution < -0.4 is 15.4 Å². The van der Waals surface area contributed by atoms with E-state index in [0.29, 0.717) is 35.4 Å². The molecule has 1 aromatic heterocycles. The molecule has 6 nitrogen and oxygen atoms in total. The highest BCUT2D eigenvalue weighted by Gasteiger charge is 2.25. The molecule has 0 atom stereocenters. The van der Waals surface area contributed by atoms with Gasteiger partial charge in [0.1, 0.15) is 11.6 Å². The van der Waals surface area contributed by atoms with Crippen molar-refractivity contribution >= 4 is 40.5 Å². The Morgan fingerprint density at radius 2 is 1.80 bits per heavy atom. The van der Waals surface area contributed by atoms with E-state index in [2.05, 4.69) is 20.6 Å². The first-order valence-electron chi connectivity index (χ1n) is 10.0. The van der Waals surface area contributed by atoms with Crippen LogP contribution in [0.5, 0.6) is 5.75 Å². The molecule has 1 heterocycles. The molecule has 3 aromatic rings. The van der Waals surface area contributed by atoms with Crippen molar-refractivity contribution in [2.24, 2.45) is 0 Å². The quantitative estimate of drug-likeness (QED) is 0.519. The molecule has 1 aliphatic rings. The van der Waals surface area contributed by atoms with Gasteiger partial charge in [-0.05, 0) is 68.7 Å². The summed E-state index contributed by atoms with van der Waals surface area (Å²) in [5, 5.41) is 7.15. The number of halogens is 1. The van der Waals surface area contributed by atoms with Crippen molar-refractivity contribution in [3.05, 3.63) is 64.3 Å². The third-order valence-corrected chi connectivity index (χ3v) is 5.34. The van der Waals surface area contributed by atoms with Crippen LogP contribution in [0.3, 0.4) is 0 Å². The molecule has 2 N–H and O–H groups in total. The number of benzene rings is 2. The van der Waals surface area contributed by atoms with E-state index in [4.69, 9.17) is 16.3 Å². The van der Waals surface area contributed by atoms with Crippen molar-refractivity contribution in [1.29, 1.82) is 0 Å². The maximum Gasteiger partial charge on any atom is 0.229 e. The first-order chi connectivity index (χ1) is 14.5. The Morgan fingerprint density at radius 3 is 2.53 bits per heavy atom. The minimum absolute atomic E-state index is 0.0598. The van der Waals surface area contributed by atoms with Gasteiger partial charge < -0.3 is 15.4 Å². The Labute approximate surface area is 180 Å². The number of nitrogens with one attached hydrogen (secondary N) is 2. The van der Waals surface area contributed by atoms with Crippen LogP contribution >= 0.6 is 11.6 Å². The highest BCUT2D eigenvalue weighted by Crippen LogP contribution is 2.31. The number of anilines is 4. The van der Waals surface area contributed by atoms with Crippen LogP contribution in [-0.2, 0) is 6.42 Å². The number of Topliss-reactive ketones (excluding diaryl/α,β-unsaturated/α-hetero) is 1. The van der Waals surface area contributed by atoms with Gasteiger partial charge in [0.05, 0.1) is 17.9 Å². The predicted molar refractivity (Wildman–Crippen MR) is 120 cm³/mol. The van der Waals surface area contributed by atoms with Crippen molar-refractivity contribution in [3.63, 3.8) is 0 Å². The summed E-state index contributed by atoms with van der Waals surface area (Å²) in [5.74, 6) is 1.80. The van der Waals surface area contributed by atoms with Gasteiger partial charge in [-0.2, -0.15) is 4.98 Å². The van der Waals surface area contributed by atoms with Gasteiger partial charge in [-0.1, -0.05) is 17.7 Å². The van der Waals surface area contributed by atoms with Gasteiger partial charge in [0.25, 0.3) is 0 Å². The number of carbonyl (C=O) groups excluding carboxylic acids is 1. The van der Waals surface area contributed by atoms with Crippen molar-refractivity contribution in [3.8, 4) is 5.75 Å². The Kier molecular flexibility index (Phi) is 5.86. The summed E-state index contributed by atoms with van der Waals surface area (Å²) >= 11 is 6.26. The lowest BCUT2D eigenvalue weighted by molar-refractivity contribution is 0.0972. The molecule has 7 heteroatoms. The summed E-state index contributed by atoms with van der Waals surface area (Å²) in [6.07, 6.45) is 2.04. The lowest BCUT2D eigenvalue weighted by Gasteiger charge is -2.19. The van der Waals surface area contributed by atoms with Crippen LogP contribution in [0, 0.1) is 6.92 Å². The zero-order valence-corrected chi connectivity index (χ0v) is 17.7. The fourth-order valence-corrected chi connectivity index (χ4v) is 3.59. The van der Waals surface area contributed by atoms with Gasteiger partial charge in [0.15, 0.2) is 5.78 Å². The van der Waals surface area contributed by atoms with E-state index >= 15 is 0 Å². The van der Waals surface area contributed by atoms with Crippen molar-refractivity contribution in [2.75, 3.05) is 17.2 Å². The molecule has 0 bridgehead atoms. The lowest BCUT2D eigenvalue weighted by Crippen LogP contribution is -2.17. The number of nitrogens with zero attached hydrogens (tertiary/aromatic N) is 2. The molecule has 0 fully saturated rings. The molecule has 30 heavy (non-hydrogen) atoms. The minimum atomic E-state index is 0.0598. The van der Waals surface area contributed by atoms with Gasteiger partial charge in [-0.25, -0.2) is 4.98 Å². The highest BCUT2D eigenvalue weighted by atomic mass is 35.5. The zero-order chi connectivity index (χ0) is 21.1. The Balaban J connectivity index is 1.67. The van der Waals surface area contributed by atoms with Crippen LogP contribution in [0.4, 0.5) is 23.1 Å². The molecule has 0 radical (unpaired) electrons. The molecule has 0 saturated carbocycles. The van der Waals surface area contributed by atoms with E-state index in [0.717, 1.165) is 41.2 Å². The van der Waals surface area contributed by atoms with E-state index in [9.17, 15) is 4.79 Å². The van der Waals surface area contributed by atoms with Crippen LogP contribution in [0.2, 0.25) is 5.02 Å². The molecule has 0 amide bonds. The largest absolute Gasteiger partial charge is 0.494 e. The predicted octanol–water partition coefficient (Wildman–Crippen LogP) is 5.84. The maximum atomic E-state index is 12.6. The van der Waals surface area contributed by atoms with E-state index in [1.54, 1.807) is 0 Å². The standard InChI is InChI=1S/C23H23ClN4O2/c1-3-30-17-11-9-15(10-12-17)26-23-27-19-5-4-6-20(29)21(19)22(28-23)25-16-8-7-14(2)18(24)13-16/h7-13H,3-6H2,1-2H3,(H2,25,26,27,28). The Hall–Kier alpha value is -3.12. The first-order valence-corrected chi connectivity index (χ1v) is 10.4. The van der Waals surface area contributed by atoms with Crippen LogP contribution in [0.1, 0.15) is 41.4 Å². The van der Waals surface area contributed by atoms with E-state index in [-0.39, 0.29) is 5.78 Å². The SMILES string of the molecule is CCOc1ccc(Nc2nc3c(c(Nc4ccc(C)c(Cl)c4)n2)C(=O)CCC3)cc1. The second-order valence-electron chi connectivity index (χ2n) is 7.17. The van der Waals surface area contributed by atoms with Crippen molar-refractivity contribution < 1.29 is 9.53 Å². The first kappa shape index (κ1) is 20.2. The average Bonchev–Trinajstić information content (AvgIpc) is 2.72. The molecule has 2 aromatic carbocycles. The summed E-state index contributed by atoms with van der Waals surface area (Å²) in [6, 6.07) is 13.3. The molecule has 0 saturated heterocycles. The fraction of sp³-hybridized carbons (Fsp3) is 0.261. The van der Waals surface area contributed by atoms with Gasteiger partial charge in [-0.3, -0.25) is 4.79 Å². The monoisotopic (exact) mass is 422 g/mol. The Morgan fingerprint density at radius 1 is 1.03 bits per heavy atom. The van der Waals surface area contributed by atoms with Gasteiger partial charge in [-0.15, -0.1) is 0 Å². The third-order valence-electron chi connectivity index (χ3n) is 4.94. The fourth-order valence-electron chi connectivity index (χ4n) is 3.41. The summed E-state index contributed by atoms with van der Waals surface area (Å²) < 4.78 is 5.48. The third kappa shape index (κ3) is 4.39. The minimum Gasteiger partial charge on any atom is -0.494 e. The topological polar surface area (TPSA) is 76.1 Å². The zero-order valence-electron chi connectivity index (χ0n) is 17.0. The van der Waals surface area contributed by atoms with Crippen molar-refractivity contribution in [1.82, 2.24) is 9.97 Å². The molecular weight excluding hydrogens is 400 g/mol. The average molecular weight is 423 g/mol. The number of carbonyl (C=O) groups is 1. The van der Waals surface area contributed by atoms with Gasteiger partial charge in [0, 0.05) is 22.8 Å². The van der Waals surface area contributed by atoms with Crippen LogP contribution in [0.25, 0.3) is 0 Å². The molecule has 0 unspecified atom stereocenters. The number of ketones is 1. The summed E-state index contributed by atoms with van der Waals surface area (Å²) in [7, 11) is 0. The second-order valence-corrected chi connectivity index (χ2v) is 7.57. The van der Waals surface area contributed by atoms with Crippen LogP contribution in [-0.4, -0.2) is 22.4 Å². The molecule has 1 aliphatic carbocycles.